The summed E-state index contributed by atoms with van der Waals surface area (Å²) >= 11 is 0. The lowest BCUT2D eigenvalue weighted by Crippen LogP contribution is -2.33. The summed E-state index contributed by atoms with van der Waals surface area (Å²) in [5.41, 5.74) is 2.23. The summed E-state index contributed by atoms with van der Waals surface area (Å²) in [5, 5.41) is 3.10. The molecule has 0 aromatic heterocycles. The number of hydrogen-bond acceptors (Lipinski definition) is 3. The number of carbonyl (C=O) groups is 1. The van der Waals surface area contributed by atoms with Gasteiger partial charge in [0.2, 0.25) is 0 Å². The van der Waals surface area contributed by atoms with Crippen LogP contribution in [0.4, 0.5) is 0 Å². The second-order valence-corrected chi connectivity index (χ2v) is 6.39. The van der Waals surface area contributed by atoms with Gasteiger partial charge in [-0.3, -0.25) is 4.79 Å². The highest BCUT2D eigenvalue weighted by Gasteiger charge is 2.16. The highest BCUT2D eigenvalue weighted by Crippen LogP contribution is 2.26. The summed E-state index contributed by atoms with van der Waals surface area (Å²) in [6.45, 7) is 2.39. The zero-order chi connectivity index (χ0) is 19.6. The van der Waals surface area contributed by atoms with Gasteiger partial charge in [0.05, 0.1) is 12.6 Å². The van der Waals surface area contributed by atoms with E-state index in [2.05, 4.69) is 17.4 Å². The molecule has 1 atom stereocenters. The van der Waals surface area contributed by atoms with Crippen LogP contribution in [0.1, 0.15) is 24.1 Å². The van der Waals surface area contributed by atoms with Crippen LogP contribution in [0.5, 0.6) is 11.5 Å². The van der Waals surface area contributed by atoms with Crippen LogP contribution in [0.3, 0.4) is 0 Å². The minimum atomic E-state index is -0.170. The molecule has 0 aliphatic rings. The van der Waals surface area contributed by atoms with Crippen LogP contribution in [0.15, 0.2) is 84.9 Å². The predicted octanol–water partition coefficient (Wildman–Crippen LogP) is 4.56. The van der Waals surface area contributed by atoms with Gasteiger partial charge in [-0.15, -0.1) is 0 Å². The predicted molar refractivity (Wildman–Crippen MR) is 111 cm³/mol. The van der Waals surface area contributed by atoms with Crippen molar-refractivity contribution < 1.29 is 14.3 Å². The Labute approximate surface area is 166 Å². The van der Waals surface area contributed by atoms with E-state index >= 15 is 0 Å². The van der Waals surface area contributed by atoms with E-state index in [1.807, 2.05) is 73.7 Å². The maximum absolute atomic E-state index is 12.6. The molecule has 0 aliphatic heterocycles. The van der Waals surface area contributed by atoms with E-state index in [0.717, 1.165) is 5.56 Å². The lowest BCUT2D eigenvalue weighted by molar-refractivity contribution is -0.123. The van der Waals surface area contributed by atoms with Crippen LogP contribution in [0.25, 0.3) is 0 Å². The monoisotopic (exact) mass is 375 g/mol. The maximum Gasteiger partial charge on any atom is 0.258 e. The number of benzene rings is 3. The third-order valence-electron chi connectivity index (χ3n) is 4.33. The summed E-state index contributed by atoms with van der Waals surface area (Å²) in [7, 11) is 0. The van der Waals surface area contributed by atoms with Gasteiger partial charge in [-0.05, 0) is 36.6 Å². The molecule has 3 aromatic rings. The molecule has 28 heavy (non-hydrogen) atoms. The first-order valence-corrected chi connectivity index (χ1v) is 9.49. The minimum absolute atomic E-state index is 0.0673. The number of nitrogens with one attached hydrogen (secondary N) is 1. The van der Waals surface area contributed by atoms with E-state index in [1.54, 1.807) is 6.07 Å². The summed E-state index contributed by atoms with van der Waals surface area (Å²) in [4.78, 5) is 12.6. The van der Waals surface area contributed by atoms with Gasteiger partial charge in [-0.25, -0.2) is 0 Å². The van der Waals surface area contributed by atoms with Gasteiger partial charge in [0.15, 0.2) is 18.1 Å². The Balaban J connectivity index is 1.66. The molecule has 0 unspecified atom stereocenters. The number of ether oxygens (including phenoxy) is 2. The first kappa shape index (κ1) is 19.5. The first-order valence-electron chi connectivity index (χ1n) is 9.49. The SMILES string of the molecule is CCOc1ccccc1OCC(=O)N[C@H](Cc1ccccc1)c1ccccc1. The molecule has 0 aliphatic carbocycles. The van der Waals surface area contributed by atoms with Crippen molar-refractivity contribution in [3.05, 3.63) is 96.1 Å². The number of para-hydroxylation sites is 2. The molecule has 4 nitrogen and oxygen atoms in total. The second kappa shape index (κ2) is 10.2. The Morgan fingerprint density at radius 2 is 1.39 bits per heavy atom. The third-order valence-corrected chi connectivity index (χ3v) is 4.33. The Hall–Kier alpha value is -3.27. The molecular weight excluding hydrogens is 350 g/mol. The number of carbonyl (C=O) groups excluding carboxylic acids is 1. The smallest absolute Gasteiger partial charge is 0.258 e. The lowest BCUT2D eigenvalue weighted by atomic mass is 9.99. The minimum Gasteiger partial charge on any atom is -0.490 e. The fraction of sp³-hybridized carbons (Fsp3) is 0.208. The largest absolute Gasteiger partial charge is 0.490 e. The van der Waals surface area contributed by atoms with E-state index < -0.39 is 0 Å². The van der Waals surface area contributed by atoms with Gasteiger partial charge in [0.25, 0.3) is 5.91 Å². The molecule has 0 saturated carbocycles. The highest BCUT2D eigenvalue weighted by atomic mass is 16.5. The second-order valence-electron chi connectivity index (χ2n) is 6.39. The van der Waals surface area contributed by atoms with Crippen molar-refractivity contribution >= 4 is 5.91 Å². The molecular formula is C24H25NO3. The standard InChI is InChI=1S/C24H25NO3/c1-2-27-22-15-9-10-16-23(22)28-18-24(26)25-21(20-13-7-4-8-14-20)17-19-11-5-3-6-12-19/h3-16,21H,2,17-18H2,1H3,(H,25,26)/t21-/m1/s1. The van der Waals surface area contributed by atoms with Crippen LogP contribution >= 0.6 is 0 Å². The summed E-state index contributed by atoms with van der Waals surface area (Å²) < 4.78 is 11.2. The van der Waals surface area contributed by atoms with Crippen LogP contribution in [0, 0.1) is 0 Å². The van der Waals surface area contributed by atoms with Crippen molar-refractivity contribution in [1.29, 1.82) is 0 Å². The van der Waals surface area contributed by atoms with Crippen molar-refractivity contribution in [3.63, 3.8) is 0 Å². The van der Waals surface area contributed by atoms with Gasteiger partial charge >= 0.3 is 0 Å². The maximum atomic E-state index is 12.6. The number of amides is 1. The molecule has 0 spiro atoms. The molecule has 0 fully saturated rings. The zero-order valence-corrected chi connectivity index (χ0v) is 16.0. The van der Waals surface area contributed by atoms with Crippen molar-refractivity contribution in [2.24, 2.45) is 0 Å². The quantitative estimate of drug-likeness (QED) is 0.596. The van der Waals surface area contributed by atoms with Crippen molar-refractivity contribution in [2.45, 2.75) is 19.4 Å². The average molecular weight is 375 g/mol. The van der Waals surface area contributed by atoms with Gasteiger partial charge in [-0.1, -0.05) is 72.8 Å². The molecule has 1 amide bonds. The third kappa shape index (κ3) is 5.61. The molecule has 0 radical (unpaired) electrons. The molecule has 3 rings (SSSR count). The van der Waals surface area contributed by atoms with Gasteiger partial charge in [0.1, 0.15) is 0 Å². The normalized spacial score (nSPS) is 11.5. The van der Waals surface area contributed by atoms with Crippen molar-refractivity contribution in [1.82, 2.24) is 5.32 Å². The first-order chi connectivity index (χ1) is 13.8. The van der Waals surface area contributed by atoms with E-state index in [-0.39, 0.29) is 18.6 Å². The molecule has 1 N–H and O–H groups in total. The lowest BCUT2D eigenvalue weighted by Gasteiger charge is -2.20. The fourth-order valence-corrected chi connectivity index (χ4v) is 3.01. The Kier molecular flexibility index (Phi) is 7.08. The fourth-order valence-electron chi connectivity index (χ4n) is 3.01. The van der Waals surface area contributed by atoms with E-state index in [0.29, 0.717) is 24.5 Å². The van der Waals surface area contributed by atoms with Gasteiger partial charge in [-0.2, -0.15) is 0 Å². The molecule has 4 heteroatoms. The van der Waals surface area contributed by atoms with Gasteiger partial charge in [0, 0.05) is 0 Å². The Morgan fingerprint density at radius 1 is 0.821 bits per heavy atom. The van der Waals surface area contributed by atoms with E-state index in [4.69, 9.17) is 9.47 Å². The molecule has 144 valence electrons. The molecule has 3 aromatic carbocycles. The summed E-state index contributed by atoms with van der Waals surface area (Å²) in [6.07, 6.45) is 0.714. The Bertz CT molecular complexity index is 865. The number of rotatable bonds is 9. The molecule has 0 bridgehead atoms. The van der Waals surface area contributed by atoms with Crippen LogP contribution < -0.4 is 14.8 Å². The van der Waals surface area contributed by atoms with Crippen LogP contribution in [-0.4, -0.2) is 19.1 Å². The molecule has 0 heterocycles. The van der Waals surface area contributed by atoms with Crippen LogP contribution in [-0.2, 0) is 11.2 Å². The van der Waals surface area contributed by atoms with Crippen LogP contribution in [0.2, 0.25) is 0 Å². The van der Waals surface area contributed by atoms with Gasteiger partial charge < -0.3 is 14.8 Å². The Morgan fingerprint density at radius 3 is 2.04 bits per heavy atom. The summed E-state index contributed by atoms with van der Waals surface area (Å²) in [6, 6.07) is 27.4. The highest BCUT2D eigenvalue weighted by molar-refractivity contribution is 5.78. The molecule has 0 saturated heterocycles. The average Bonchev–Trinajstić information content (AvgIpc) is 2.74. The summed E-state index contributed by atoms with van der Waals surface area (Å²) in [5.74, 6) is 1.04. The number of hydrogen-bond donors (Lipinski definition) is 1. The van der Waals surface area contributed by atoms with E-state index in [9.17, 15) is 4.79 Å². The van der Waals surface area contributed by atoms with E-state index in [1.165, 1.54) is 5.56 Å². The zero-order valence-electron chi connectivity index (χ0n) is 16.0. The van der Waals surface area contributed by atoms with Crippen molar-refractivity contribution in [2.75, 3.05) is 13.2 Å². The van der Waals surface area contributed by atoms with Crippen molar-refractivity contribution in [3.8, 4) is 11.5 Å². The topological polar surface area (TPSA) is 47.6 Å².